The Morgan fingerprint density at radius 1 is 1.40 bits per heavy atom. The van der Waals surface area contributed by atoms with E-state index in [2.05, 4.69) is 11.5 Å². The molecule has 15 heavy (non-hydrogen) atoms. The van der Waals surface area contributed by atoms with E-state index in [0.717, 1.165) is 17.3 Å². The van der Waals surface area contributed by atoms with Gasteiger partial charge in [0.2, 0.25) is 0 Å². The maximum Gasteiger partial charge on any atom is 0.116 e. The molecule has 0 amide bonds. The SMILES string of the molecule is Cc1c(CCN)c2cc(O)ccc2n1C. The smallest absolute Gasteiger partial charge is 0.116 e. The third kappa shape index (κ3) is 1.49. The third-order valence-corrected chi connectivity index (χ3v) is 3.00. The number of hydrogen-bond donors (Lipinski definition) is 2. The van der Waals surface area contributed by atoms with Gasteiger partial charge >= 0.3 is 0 Å². The highest BCUT2D eigenvalue weighted by Gasteiger charge is 2.11. The summed E-state index contributed by atoms with van der Waals surface area (Å²) in [5.74, 6) is 0.311. The fourth-order valence-corrected chi connectivity index (χ4v) is 2.10. The minimum absolute atomic E-state index is 0.311. The molecule has 0 bridgehead atoms. The van der Waals surface area contributed by atoms with E-state index in [1.807, 2.05) is 19.2 Å². The van der Waals surface area contributed by atoms with Gasteiger partial charge in [0.15, 0.2) is 0 Å². The first-order chi connectivity index (χ1) is 7.15. The molecule has 1 heterocycles. The van der Waals surface area contributed by atoms with E-state index in [9.17, 15) is 5.11 Å². The summed E-state index contributed by atoms with van der Waals surface area (Å²) in [7, 11) is 2.04. The Morgan fingerprint density at radius 2 is 2.13 bits per heavy atom. The average Bonchev–Trinajstić information content (AvgIpc) is 2.44. The highest BCUT2D eigenvalue weighted by molar-refractivity contribution is 5.86. The van der Waals surface area contributed by atoms with Crippen molar-refractivity contribution in [2.45, 2.75) is 13.3 Å². The van der Waals surface area contributed by atoms with E-state index < -0.39 is 0 Å². The standard InChI is InChI=1S/C12H16N2O/c1-8-10(5-6-13)11-7-9(15)3-4-12(11)14(8)2/h3-4,7,15H,5-6,13H2,1-2H3. The first-order valence-electron chi connectivity index (χ1n) is 5.12. The summed E-state index contributed by atoms with van der Waals surface area (Å²) in [6.07, 6.45) is 0.854. The van der Waals surface area contributed by atoms with Crippen LogP contribution in [0.3, 0.4) is 0 Å². The van der Waals surface area contributed by atoms with Gasteiger partial charge in [0.05, 0.1) is 0 Å². The number of fused-ring (bicyclic) bond motifs is 1. The van der Waals surface area contributed by atoms with Gasteiger partial charge in [-0.15, -0.1) is 0 Å². The highest BCUT2D eigenvalue weighted by atomic mass is 16.3. The van der Waals surface area contributed by atoms with Crippen LogP contribution in [0.4, 0.5) is 0 Å². The quantitative estimate of drug-likeness (QED) is 0.782. The van der Waals surface area contributed by atoms with Crippen LogP contribution in [0, 0.1) is 6.92 Å². The number of phenols is 1. The molecule has 3 N–H and O–H groups in total. The molecule has 0 saturated carbocycles. The van der Waals surface area contributed by atoms with Crippen molar-refractivity contribution >= 4 is 10.9 Å². The summed E-state index contributed by atoms with van der Waals surface area (Å²) in [4.78, 5) is 0. The Hall–Kier alpha value is -1.48. The lowest BCUT2D eigenvalue weighted by Crippen LogP contribution is -2.03. The molecule has 1 aromatic carbocycles. The second kappa shape index (κ2) is 3.59. The molecule has 0 unspecified atom stereocenters. The van der Waals surface area contributed by atoms with Crippen molar-refractivity contribution in [1.29, 1.82) is 0 Å². The lowest BCUT2D eigenvalue weighted by atomic mass is 10.1. The predicted octanol–water partition coefficient (Wildman–Crippen LogP) is 1.69. The minimum atomic E-state index is 0.311. The zero-order valence-corrected chi connectivity index (χ0v) is 9.12. The van der Waals surface area contributed by atoms with Crippen molar-refractivity contribution in [1.82, 2.24) is 4.57 Å². The lowest BCUT2D eigenvalue weighted by molar-refractivity contribution is 0.476. The summed E-state index contributed by atoms with van der Waals surface area (Å²) in [5.41, 5.74) is 9.21. The number of rotatable bonds is 2. The number of aromatic hydroxyl groups is 1. The molecule has 80 valence electrons. The van der Waals surface area contributed by atoms with Gasteiger partial charge < -0.3 is 15.4 Å². The normalized spacial score (nSPS) is 11.1. The summed E-state index contributed by atoms with van der Waals surface area (Å²) in [6.45, 7) is 2.72. The van der Waals surface area contributed by atoms with Crippen LogP contribution in [0.15, 0.2) is 18.2 Å². The molecule has 1 aromatic heterocycles. The predicted molar refractivity (Wildman–Crippen MR) is 62.1 cm³/mol. The molecule has 0 aliphatic heterocycles. The van der Waals surface area contributed by atoms with E-state index in [4.69, 9.17) is 5.73 Å². The van der Waals surface area contributed by atoms with Gasteiger partial charge in [-0.25, -0.2) is 0 Å². The maximum absolute atomic E-state index is 9.48. The Balaban J connectivity index is 2.76. The first kappa shape index (κ1) is 10.1. The van der Waals surface area contributed by atoms with Gasteiger partial charge in [-0.3, -0.25) is 0 Å². The molecule has 0 aliphatic carbocycles. The number of nitrogens with two attached hydrogens (primary N) is 1. The summed E-state index contributed by atoms with van der Waals surface area (Å²) in [6, 6.07) is 5.47. The van der Waals surface area contributed by atoms with E-state index >= 15 is 0 Å². The van der Waals surface area contributed by atoms with Crippen molar-refractivity contribution < 1.29 is 5.11 Å². The van der Waals surface area contributed by atoms with Crippen molar-refractivity contribution in [3.63, 3.8) is 0 Å². The topological polar surface area (TPSA) is 51.2 Å². The molecule has 0 saturated heterocycles. The van der Waals surface area contributed by atoms with E-state index in [1.54, 1.807) is 6.07 Å². The molecule has 2 aromatic rings. The second-order valence-electron chi connectivity index (χ2n) is 3.86. The Bertz CT molecular complexity index is 500. The molecule has 0 aliphatic rings. The molecule has 0 radical (unpaired) electrons. The largest absolute Gasteiger partial charge is 0.508 e. The lowest BCUT2D eigenvalue weighted by Gasteiger charge is -1.99. The summed E-state index contributed by atoms with van der Waals surface area (Å²) < 4.78 is 2.14. The average molecular weight is 204 g/mol. The van der Waals surface area contributed by atoms with Crippen LogP contribution in [0.25, 0.3) is 10.9 Å². The number of benzene rings is 1. The zero-order chi connectivity index (χ0) is 11.0. The van der Waals surface area contributed by atoms with E-state index in [0.29, 0.717) is 12.3 Å². The van der Waals surface area contributed by atoms with Crippen LogP contribution in [0.5, 0.6) is 5.75 Å². The molecule has 0 spiro atoms. The molecule has 0 atom stereocenters. The van der Waals surface area contributed by atoms with Crippen LogP contribution >= 0.6 is 0 Å². The minimum Gasteiger partial charge on any atom is -0.508 e. The highest BCUT2D eigenvalue weighted by Crippen LogP contribution is 2.28. The van der Waals surface area contributed by atoms with Gasteiger partial charge in [-0.1, -0.05) is 0 Å². The maximum atomic E-state index is 9.48. The van der Waals surface area contributed by atoms with E-state index in [1.165, 1.54) is 11.3 Å². The van der Waals surface area contributed by atoms with Gasteiger partial charge in [0.25, 0.3) is 0 Å². The zero-order valence-electron chi connectivity index (χ0n) is 9.12. The van der Waals surface area contributed by atoms with Crippen LogP contribution in [-0.2, 0) is 13.5 Å². The molecular formula is C12H16N2O. The van der Waals surface area contributed by atoms with Crippen molar-refractivity contribution in [2.75, 3.05) is 6.54 Å². The number of nitrogens with zero attached hydrogens (tertiary/aromatic N) is 1. The Kier molecular flexibility index (Phi) is 2.40. The number of aryl methyl sites for hydroxylation is 1. The van der Waals surface area contributed by atoms with Crippen molar-refractivity contribution in [3.8, 4) is 5.75 Å². The molecule has 3 heteroatoms. The van der Waals surface area contributed by atoms with Crippen LogP contribution < -0.4 is 5.73 Å². The van der Waals surface area contributed by atoms with Crippen molar-refractivity contribution in [2.24, 2.45) is 12.8 Å². The van der Waals surface area contributed by atoms with Gasteiger partial charge in [-0.2, -0.15) is 0 Å². The number of phenolic OH excluding ortho intramolecular Hbond substituents is 1. The van der Waals surface area contributed by atoms with Crippen molar-refractivity contribution in [3.05, 3.63) is 29.5 Å². The van der Waals surface area contributed by atoms with Gasteiger partial charge in [0, 0.05) is 23.6 Å². The fraction of sp³-hybridized carbons (Fsp3) is 0.333. The third-order valence-electron chi connectivity index (χ3n) is 3.00. The van der Waals surface area contributed by atoms with Crippen LogP contribution in [0.2, 0.25) is 0 Å². The molecule has 2 rings (SSSR count). The Morgan fingerprint density at radius 3 is 2.80 bits per heavy atom. The van der Waals surface area contributed by atoms with Gasteiger partial charge in [-0.05, 0) is 43.7 Å². The number of hydrogen-bond acceptors (Lipinski definition) is 2. The molecular weight excluding hydrogens is 188 g/mol. The summed E-state index contributed by atoms with van der Waals surface area (Å²) >= 11 is 0. The monoisotopic (exact) mass is 204 g/mol. The second-order valence-corrected chi connectivity index (χ2v) is 3.86. The first-order valence-corrected chi connectivity index (χ1v) is 5.12. The Labute approximate surface area is 89.1 Å². The summed E-state index contributed by atoms with van der Waals surface area (Å²) in [5, 5.41) is 10.6. The molecule has 0 fully saturated rings. The molecule has 3 nitrogen and oxygen atoms in total. The van der Waals surface area contributed by atoms with E-state index in [-0.39, 0.29) is 0 Å². The van der Waals surface area contributed by atoms with Crippen LogP contribution in [-0.4, -0.2) is 16.2 Å². The van der Waals surface area contributed by atoms with Crippen LogP contribution in [0.1, 0.15) is 11.3 Å². The number of aromatic nitrogens is 1. The fourth-order valence-electron chi connectivity index (χ4n) is 2.10. The van der Waals surface area contributed by atoms with Gasteiger partial charge in [0.1, 0.15) is 5.75 Å².